The van der Waals surface area contributed by atoms with Crippen LogP contribution in [0.3, 0.4) is 0 Å². The van der Waals surface area contributed by atoms with Crippen LogP contribution in [0.15, 0.2) is 41.6 Å². The van der Waals surface area contributed by atoms with Crippen molar-refractivity contribution in [3.05, 3.63) is 47.8 Å². The number of aromatic nitrogens is 2. The largest absolute Gasteiger partial charge is 0.327 e. The van der Waals surface area contributed by atoms with Crippen LogP contribution < -0.4 is 5.73 Å². The average Bonchev–Trinajstić information content (AvgIpc) is 2.74. The molecule has 0 radical (unpaired) electrons. The van der Waals surface area contributed by atoms with Crippen molar-refractivity contribution in [3.8, 4) is 0 Å². The van der Waals surface area contributed by atoms with Gasteiger partial charge in [0.05, 0.1) is 11.4 Å². The van der Waals surface area contributed by atoms with Gasteiger partial charge < -0.3 is 5.73 Å². The van der Waals surface area contributed by atoms with Crippen LogP contribution in [0.1, 0.15) is 23.3 Å². The molecule has 96 valence electrons. The van der Waals surface area contributed by atoms with Crippen LogP contribution in [-0.4, -0.2) is 15.8 Å². The van der Waals surface area contributed by atoms with Crippen LogP contribution in [-0.2, 0) is 7.05 Å². The number of rotatable bonds is 4. The molecular formula is C14H19N3S. The molecule has 3 nitrogen and oxygen atoms in total. The fraction of sp³-hybridized carbons (Fsp3) is 0.357. The third-order valence-corrected chi connectivity index (χ3v) is 4.55. The van der Waals surface area contributed by atoms with Crippen molar-refractivity contribution in [1.29, 1.82) is 0 Å². The quantitative estimate of drug-likeness (QED) is 0.861. The van der Waals surface area contributed by atoms with Crippen LogP contribution in [0.25, 0.3) is 0 Å². The zero-order valence-corrected chi connectivity index (χ0v) is 11.8. The first kappa shape index (κ1) is 13.2. The molecule has 0 aliphatic heterocycles. The van der Waals surface area contributed by atoms with Gasteiger partial charge in [-0.05, 0) is 25.5 Å². The maximum atomic E-state index is 6.12. The van der Waals surface area contributed by atoms with Gasteiger partial charge >= 0.3 is 0 Å². The van der Waals surface area contributed by atoms with E-state index >= 15 is 0 Å². The van der Waals surface area contributed by atoms with E-state index in [1.54, 1.807) is 0 Å². The summed E-state index contributed by atoms with van der Waals surface area (Å²) < 4.78 is 1.82. The number of nitrogens with zero attached hydrogens (tertiary/aromatic N) is 2. The predicted octanol–water partition coefficient (Wildman–Crippen LogP) is 2.91. The van der Waals surface area contributed by atoms with Gasteiger partial charge in [0.1, 0.15) is 0 Å². The smallest absolute Gasteiger partial charge is 0.0533 e. The Bertz CT molecular complexity index is 519. The Morgan fingerprint density at radius 2 is 2.06 bits per heavy atom. The number of aryl methyl sites for hydroxylation is 2. The molecule has 0 amide bonds. The van der Waals surface area contributed by atoms with Crippen LogP contribution in [0.2, 0.25) is 0 Å². The fourth-order valence-corrected chi connectivity index (χ4v) is 3.05. The first-order valence-corrected chi connectivity index (χ1v) is 6.92. The molecule has 1 aromatic heterocycles. The van der Waals surface area contributed by atoms with Gasteiger partial charge in [0.25, 0.3) is 0 Å². The Balaban J connectivity index is 2.25. The van der Waals surface area contributed by atoms with Crippen molar-refractivity contribution in [2.24, 2.45) is 12.8 Å². The Morgan fingerprint density at radius 1 is 1.33 bits per heavy atom. The first-order valence-electron chi connectivity index (χ1n) is 6.04. The zero-order valence-electron chi connectivity index (χ0n) is 11.0. The molecule has 0 aliphatic rings. The number of nitrogens with two attached hydrogens (primary N) is 1. The van der Waals surface area contributed by atoms with E-state index in [0.29, 0.717) is 0 Å². The predicted molar refractivity (Wildman–Crippen MR) is 76.6 cm³/mol. The second-order valence-electron chi connectivity index (χ2n) is 4.61. The van der Waals surface area contributed by atoms with Gasteiger partial charge in [0, 0.05) is 29.7 Å². The lowest BCUT2D eigenvalue weighted by atomic mass is 10.1. The van der Waals surface area contributed by atoms with Gasteiger partial charge in [-0.2, -0.15) is 5.10 Å². The highest BCUT2D eigenvalue weighted by molar-refractivity contribution is 7.99. The SMILES string of the molecule is Cc1ccccc1SC(c1cnn(C)c1)C(C)N. The van der Waals surface area contributed by atoms with Gasteiger partial charge in [-0.1, -0.05) is 18.2 Å². The lowest BCUT2D eigenvalue weighted by Gasteiger charge is -2.19. The number of hydrogen-bond acceptors (Lipinski definition) is 3. The minimum Gasteiger partial charge on any atom is -0.327 e. The molecule has 1 aromatic carbocycles. The van der Waals surface area contributed by atoms with Crippen molar-refractivity contribution < 1.29 is 0 Å². The van der Waals surface area contributed by atoms with Gasteiger partial charge in [0.2, 0.25) is 0 Å². The molecule has 18 heavy (non-hydrogen) atoms. The van der Waals surface area contributed by atoms with E-state index in [1.807, 2.05) is 42.8 Å². The molecule has 1 heterocycles. The topological polar surface area (TPSA) is 43.8 Å². The monoisotopic (exact) mass is 261 g/mol. The van der Waals surface area contributed by atoms with E-state index in [2.05, 4.69) is 36.3 Å². The molecule has 4 heteroatoms. The van der Waals surface area contributed by atoms with Gasteiger partial charge in [0.15, 0.2) is 0 Å². The first-order chi connectivity index (χ1) is 8.58. The lowest BCUT2D eigenvalue weighted by Crippen LogP contribution is -2.22. The van der Waals surface area contributed by atoms with Crippen LogP contribution in [0.4, 0.5) is 0 Å². The minimum absolute atomic E-state index is 0.0822. The number of benzene rings is 1. The molecule has 2 atom stereocenters. The molecule has 0 aliphatic carbocycles. The van der Waals surface area contributed by atoms with E-state index < -0.39 is 0 Å². The molecule has 2 N–H and O–H groups in total. The van der Waals surface area contributed by atoms with Crippen molar-refractivity contribution in [2.75, 3.05) is 0 Å². The van der Waals surface area contributed by atoms with E-state index in [9.17, 15) is 0 Å². The van der Waals surface area contributed by atoms with Crippen LogP contribution >= 0.6 is 11.8 Å². The second kappa shape index (κ2) is 5.59. The molecule has 2 aromatic rings. The van der Waals surface area contributed by atoms with Gasteiger partial charge in [-0.25, -0.2) is 0 Å². The molecule has 0 bridgehead atoms. The summed E-state index contributed by atoms with van der Waals surface area (Å²) in [6, 6.07) is 8.48. The summed E-state index contributed by atoms with van der Waals surface area (Å²) in [5.74, 6) is 0. The molecule has 0 spiro atoms. The van der Waals surface area contributed by atoms with Gasteiger partial charge in [-0.3, -0.25) is 4.68 Å². The molecule has 2 unspecified atom stereocenters. The number of hydrogen-bond donors (Lipinski definition) is 1. The Hall–Kier alpha value is -1.26. The summed E-state index contributed by atoms with van der Waals surface area (Å²) in [7, 11) is 1.93. The molecule has 0 fully saturated rings. The Morgan fingerprint density at radius 3 is 2.61 bits per heavy atom. The van der Waals surface area contributed by atoms with E-state index in [0.717, 1.165) is 0 Å². The highest BCUT2D eigenvalue weighted by Gasteiger charge is 2.19. The summed E-state index contributed by atoms with van der Waals surface area (Å²) in [5, 5.41) is 4.47. The summed E-state index contributed by atoms with van der Waals surface area (Å²) in [6.45, 7) is 4.17. The van der Waals surface area contributed by atoms with E-state index in [1.165, 1.54) is 16.0 Å². The summed E-state index contributed by atoms with van der Waals surface area (Å²) in [5.41, 5.74) is 8.59. The van der Waals surface area contributed by atoms with E-state index in [-0.39, 0.29) is 11.3 Å². The summed E-state index contributed by atoms with van der Waals surface area (Å²) in [6.07, 6.45) is 3.94. The van der Waals surface area contributed by atoms with Crippen molar-refractivity contribution in [3.63, 3.8) is 0 Å². The Labute approximate surface area is 112 Å². The maximum absolute atomic E-state index is 6.12. The minimum atomic E-state index is 0.0822. The second-order valence-corrected chi connectivity index (χ2v) is 5.79. The van der Waals surface area contributed by atoms with Crippen molar-refractivity contribution in [2.45, 2.75) is 30.0 Å². The lowest BCUT2D eigenvalue weighted by molar-refractivity contribution is 0.718. The molecule has 2 rings (SSSR count). The van der Waals surface area contributed by atoms with Crippen LogP contribution in [0, 0.1) is 6.92 Å². The molecule has 0 saturated carbocycles. The normalized spacial score (nSPS) is 14.4. The zero-order chi connectivity index (χ0) is 13.1. The van der Waals surface area contributed by atoms with E-state index in [4.69, 9.17) is 5.73 Å². The number of thioether (sulfide) groups is 1. The highest BCUT2D eigenvalue weighted by Crippen LogP contribution is 2.38. The van der Waals surface area contributed by atoms with Crippen LogP contribution in [0.5, 0.6) is 0 Å². The third kappa shape index (κ3) is 2.94. The van der Waals surface area contributed by atoms with Crippen molar-refractivity contribution >= 4 is 11.8 Å². The maximum Gasteiger partial charge on any atom is 0.0533 e. The standard InChI is InChI=1S/C14H19N3S/c1-10-6-4-5-7-13(10)18-14(11(2)15)12-8-16-17(3)9-12/h4-9,11,14H,15H2,1-3H3. The summed E-state index contributed by atoms with van der Waals surface area (Å²) in [4.78, 5) is 1.28. The van der Waals surface area contributed by atoms with Gasteiger partial charge in [-0.15, -0.1) is 11.8 Å². The van der Waals surface area contributed by atoms with Crippen molar-refractivity contribution in [1.82, 2.24) is 9.78 Å². The molecular weight excluding hydrogens is 242 g/mol. The third-order valence-electron chi connectivity index (χ3n) is 2.88. The summed E-state index contributed by atoms with van der Waals surface area (Å²) >= 11 is 1.81. The Kier molecular flexibility index (Phi) is 4.09. The molecule has 0 saturated heterocycles. The average molecular weight is 261 g/mol. The highest BCUT2D eigenvalue weighted by atomic mass is 32.2. The fourth-order valence-electron chi connectivity index (χ4n) is 1.89.